The minimum atomic E-state index is -5.74. The molecule has 6 nitrogen and oxygen atoms in total. The average Bonchev–Trinajstić information content (AvgIpc) is 2.72. The molecule has 2 rings (SSSR count). The summed E-state index contributed by atoms with van der Waals surface area (Å²) >= 11 is 1.94. The molecule has 0 radical (unpaired) electrons. The lowest BCUT2D eigenvalue weighted by molar-refractivity contribution is -0.289. The van der Waals surface area contributed by atoms with Gasteiger partial charge in [0, 0.05) is 14.8 Å². The standard InChI is InChI=1S/C20H19F5IN3O3/c1-18(17(31)27-10-11-28-32-2)14(4-3-5-15(18)26)16(30)29-13-8-6-12(7-9-13)19(21,22)20(23,24)25/h3-9,11,14H,10H2,1-2H3,(H,27,31)(H,29,30). The number of nitrogens with one attached hydrogen (secondary N) is 2. The van der Waals surface area contributed by atoms with Gasteiger partial charge in [-0.05, 0) is 41.6 Å². The van der Waals surface area contributed by atoms with Crippen molar-refractivity contribution in [3.8, 4) is 0 Å². The molecule has 0 bridgehead atoms. The van der Waals surface area contributed by atoms with E-state index in [9.17, 15) is 31.5 Å². The molecular formula is C20H19F5IN3O3. The Morgan fingerprint density at radius 2 is 1.84 bits per heavy atom. The van der Waals surface area contributed by atoms with Crippen LogP contribution in [0.1, 0.15) is 12.5 Å². The van der Waals surface area contributed by atoms with Crippen LogP contribution in [-0.2, 0) is 20.3 Å². The molecular weight excluding hydrogens is 552 g/mol. The summed E-state index contributed by atoms with van der Waals surface area (Å²) in [5, 5.41) is 8.60. The lowest BCUT2D eigenvalue weighted by Gasteiger charge is -2.35. The van der Waals surface area contributed by atoms with Crippen molar-refractivity contribution < 1.29 is 36.4 Å². The van der Waals surface area contributed by atoms with E-state index in [0.717, 1.165) is 12.1 Å². The highest BCUT2D eigenvalue weighted by Gasteiger charge is 2.58. The Bertz CT molecular complexity index is 945. The van der Waals surface area contributed by atoms with Gasteiger partial charge in [0.2, 0.25) is 11.8 Å². The molecule has 0 saturated heterocycles. The maximum atomic E-state index is 13.4. The monoisotopic (exact) mass is 571 g/mol. The fraction of sp³-hybridized carbons (Fsp3) is 0.350. The van der Waals surface area contributed by atoms with Crippen LogP contribution in [0, 0.1) is 11.3 Å². The molecule has 1 aromatic carbocycles. The van der Waals surface area contributed by atoms with Crippen molar-refractivity contribution in [2.45, 2.75) is 19.0 Å². The number of hydrogen-bond acceptors (Lipinski definition) is 4. The van der Waals surface area contributed by atoms with Gasteiger partial charge < -0.3 is 15.5 Å². The molecule has 1 aliphatic rings. The third-order valence-electron chi connectivity index (χ3n) is 4.82. The van der Waals surface area contributed by atoms with Gasteiger partial charge in [0.1, 0.15) is 7.11 Å². The Balaban J connectivity index is 2.20. The molecule has 0 aliphatic heterocycles. The van der Waals surface area contributed by atoms with E-state index in [1.807, 2.05) is 22.6 Å². The van der Waals surface area contributed by atoms with E-state index in [4.69, 9.17) is 0 Å². The van der Waals surface area contributed by atoms with E-state index in [0.29, 0.717) is 15.7 Å². The summed E-state index contributed by atoms with van der Waals surface area (Å²) < 4.78 is 65.0. The molecule has 0 saturated carbocycles. The van der Waals surface area contributed by atoms with Crippen LogP contribution in [0.5, 0.6) is 0 Å². The van der Waals surface area contributed by atoms with Crippen molar-refractivity contribution in [1.82, 2.24) is 5.32 Å². The Labute approximate surface area is 194 Å². The SMILES string of the molecule is CON=CCNC(=O)C1(C)C(I)=CC=CC1C(=O)Nc1ccc(C(F)(F)C(F)(F)F)cc1. The number of rotatable bonds is 7. The first-order chi connectivity index (χ1) is 14.9. The molecule has 2 amide bonds. The molecule has 0 heterocycles. The smallest absolute Gasteiger partial charge is 0.399 e. The van der Waals surface area contributed by atoms with Crippen LogP contribution in [0.15, 0.2) is 51.2 Å². The van der Waals surface area contributed by atoms with Crippen LogP contribution in [-0.4, -0.2) is 37.9 Å². The van der Waals surface area contributed by atoms with Gasteiger partial charge >= 0.3 is 12.1 Å². The number of hydrogen-bond donors (Lipinski definition) is 2. The normalized spacial score (nSPS) is 21.2. The number of nitrogens with zero attached hydrogens (tertiary/aromatic N) is 1. The van der Waals surface area contributed by atoms with Crippen LogP contribution in [0.2, 0.25) is 0 Å². The zero-order chi connectivity index (χ0) is 24.2. The van der Waals surface area contributed by atoms with Crippen LogP contribution >= 0.6 is 22.6 Å². The first-order valence-electron chi connectivity index (χ1n) is 9.09. The van der Waals surface area contributed by atoms with Crippen molar-refractivity contribution in [2.75, 3.05) is 19.0 Å². The highest BCUT2D eigenvalue weighted by Crippen LogP contribution is 2.45. The summed E-state index contributed by atoms with van der Waals surface area (Å²) in [5.41, 5.74) is -2.53. The first-order valence-corrected chi connectivity index (χ1v) is 10.2. The number of benzene rings is 1. The molecule has 0 fully saturated rings. The summed E-state index contributed by atoms with van der Waals surface area (Å²) in [4.78, 5) is 30.3. The first kappa shape index (κ1) is 25.7. The molecule has 174 valence electrons. The topological polar surface area (TPSA) is 79.8 Å². The van der Waals surface area contributed by atoms with Crippen molar-refractivity contribution >= 4 is 46.3 Å². The fourth-order valence-corrected chi connectivity index (χ4v) is 3.73. The number of carbonyl (C=O) groups is 2. The second kappa shape index (κ2) is 9.96. The summed E-state index contributed by atoms with van der Waals surface area (Å²) in [6, 6.07) is 3.06. The quantitative estimate of drug-likeness (QED) is 0.219. The van der Waals surface area contributed by atoms with E-state index in [-0.39, 0.29) is 12.2 Å². The minimum absolute atomic E-state index is 0.00433. The average molecular weight is 571 g/mol. The Hall–Kier alpha value is -2.51. The van der Waals surface area contributed by atoms with E-state index >= 15 is 0 Å². The highest BCUT2D eigenvalue weighted by atomic mass is 127. The zero-order valence-electron chi connectivity index (χ0n) is 16.8. The summed E-state index contributed by atoms with van der Waals surface area (Å²) in [6.45, 7) is 1.62. The molecule has 0 spiro atoms. The molecule has 32 heavy (non-hydrogen) atoms. The molecule has 0 aromatic heterocycles. The van der Waals surface area contributed by atoms with Crippen molar-refractivity contribution in [3.63, 3.8) is 0 Å². The van der Waals surface area contributed by atoms with Gasteiger partial charge in [-0.3, -0.25) is 9.59 Å². The third-order valence-corrected chi connectivity index (χ3v) is 6.30. The molecule has 2 unspecified atom stereocenters. The minimum Gasteiger partial charge on any atom is -0.399 e. The van der Waals surface area contributed by atoms with Gasteiger partial charge in [0.15, 0.2) is 0 Å². The van der Waals surface area contributed by atoms with Crippen LogP contribution in [0.25, 0.3) is 0 Å². The lowest BCUT2D eigenvalue weighted by atomic mass is 9.73. The number of alkyl halides is 5. The number of carbonyl (C=O) groups excluding carboxylic acids is 2. The van der Waals surface area contributed by atoms with Gasteiger partial charge in [0.25, 0.3) is 0 Å². The lowest BCUT2D eigenvalue weighted by Crippen LogP contribution is -2.48. The number of halogens is 6. The van der Waals surface area contributed by atoms with E-state index in [2.05, 4.69) is 20.6 Å². The number of oxime groups is 1. The molecule has 1 aliphatic carbocycles. The summed E-state index contributed by atoms with van der Waals surface area (Å²) in [7, 11) is 1.34. The van der Waals surface area contributed by atoms with E-state index in [1.165, 1.54) is 19.4 Å². The van der Waals surface area contributed by atoms with Crippen molar-refractivity contribution in [2.24, 2.45) is 16.5 Å². The van der Waals surface area contributed by atoms with E-state index < -0.39 is 40.8 Å². The fourth-order valence-electron chi connectivity index (χ4n) is 2.94. The number of amides is 2. The third kappa shape index (κ3) is 5.27. The summed E-state index contributed by atoms with van der Waals surface area (Å²) in [5.74, 6) is -7.10. The Morgan fingerprint density at radius 3 is 2.41 bits per heavy atom. The largest absolute Gasteiger partial charge is 0.458 e. The van der Waals surface area contributed by atoms with Crippen LogP contribution in [0.4, 0.5) is 27.6 Å². The summed E-state index contributed by atoms with van der Waals surface area (Å²) in [6.07, 6.45) is 0.356. The predicted octanol–water partition coefficient (Wildman–Crippen LogP) is 4.54. The maximum absolute atomic E-state index is 13.4. The molecule has 2 N–H and O–H groups in total. The zero-order valence-corrected chi connectivity index (χ0v) is 19.0. The van der Waals surface area contributed by atoms with Gasteiger partial charge in [-0.2, -0.15) is 22.0 Å². The second-order valence-corrected chi connectivity index (χ2v) is 8.06. The molecule has 2 atom stereocenters. The van der Waals surface area contributed by atoms with Gasteiger partial charge in [-0.1, -0.05) is 35.5 Å². The Morgan fingerprint density at radius 1 is 1.22 bits per heavy atom. The second-order valence-electron chi connectivity index (χ2n) is 6.90. The Kier molecular flexibility index (Phi) is 8.02. The molecule has 12 heteroatoms. The van der Waals surface area contributed by atoms with Gasteiger partial charge in [-0.25, -0.2) is 0 Å². The van der Waals surface area contributed by atoms with Crippen molar-refractivity contribution in [1.29, 1.82) is 0 Å². The highest BCUT2D eigenvalue weighted by molar-refractivity contribution is 14.1. The number of allylic oxidation sites excluding steroid dienone is 2. The van der Waals surface area contributed by atoms with Gasteiger partial charge in [0.05, 0.1) is 24.1 Å². The number of anilines is 1. The van der Waals surface area contributed by atoms with Crippen LogP contribution in [0.3, 0.4) is 0 Å². The predicted molar refractivity (Wildman–Crippen MR) is 116 cm³/mol. The van der Waals surface area contributed by atoms with E-state index in [1.54, 1.807) is 19.1 Å². The maximum Gasteiger partial charge on any atom is 0.458 e. The van der Waals surface area contributed by atoms with Gasteiger partial charge in [-0.15, -0.1) is 0 Å². The van der Waals surface area contributed by atoms with Crippen LogP contribution < -0.4 is 10.6 Å². The molecule has 1 aromatic rings. The van der Waals surface area contributed by atoms with Crippen molar-refractivity contribution in [3.05, 3.63) is 51.6 Å².